The number of amides is 1. The third-order valence-electron chi connectivity index (χ3n) is 2.95. The number of fused-ring (bicyclic) bond motifs is 1. The Morgan fingerprint density at radius 3 is 3.00 bits per heavy atom. The molecule has 1 aliphatic heterocycles. The molecular weight excluding hydrogens is 266 g/mol. The zero-order valence-corrected chi connectivity index (χ0v) is 11.4. The van der Waals surface area contributed by atoms with Crippen LogP contribution in [0.5, 0.6) is 0 Å². The predicted octanol–water partition coefficient (Wildman–Crippen LogP) is 1.81. The van der Waals surface area contributed by atoms with Crippen LogP contribution in [0.15, 0.2) is 6.07 Å². The van der Waals surface area contributed by atoms with Gasteiger partial charge in [-0.25, -0.2) is 0 Å². The molecule has 1 aliphatic rings. The quantitative estimate of drug-likeness (QED) is 0.781. The monoisotopic (exact) mass is 283 g/mol. The van der Waals surface area contributed by atoms with Crippen LogP contribution in [0.1, 0.15) is 39.4 Å². The maximum atomic E-state index is 11.9. The minimum atomic E-state index is -0.794. The molecule has 1 aromatic rings. The number of hydrogen-bond acceptors (Lipinski definition) is 4. The van der Waals surface area contributed by atoms with E-state index >= 15 is 0 Å². The van der Waals surface area contributed by atoms with Crippen LogP contribution in [0.4, 0.5) is 0 Å². The lowest BCUT2D eigenvalue weighted by Crippen LogP contribution is -2.23. The summed E-state index contributed by atoms with van der Waals surface area (Å²) in [5, 5.41) is 11.3. The van der Waals surface area contributed by atoms with Crippen molar-refractivity contribution in [2.45, 2.75) is 32.3 Å². The first-order valence-corrected chi connectivity index (χ1v) is 7.18. The van der Waals surface area contributed by atoms with E-state index in [0.29, 0.717) is 30.9 Å². The number of thiophene rings is 1. The van der Waals surface area contributed by atoms with E-state index in [2.05, 4.69) is 5.32 Å². The largest absolute Gasteiger partial charge is 0.481 e. The molecule has 6 heteroatoms. The van der Waals surface area contributed by atoms with Gasteiger partial charge in [-0.1, -0.05) is 0 Å². The number of nitrogens with one attached hydrogen (secondary N) is 1. The summed E-state index contributed by atoms with van der Waals surface area (Å²) in [6.45, 7) is 1.84. The maximum Gasteiger partial charge on any atom is 0.303 e. The second kappa shape index (κ2) is 6.68. The fraction of sp³-hybridized carbons (Fsp3) is 0.538. The number of carboxylic acid groups (broad SMARTS) is 1. The Bertz CT molecular complexity index is 446. The molecule has 2 N–H and O–H groups in total. The van der Waals surface area contributed by atoms with E-state index in [9.17, 15) is 9.59 Å². The van der Waals surface area contributed by atoms with Crippen LogP contribution in [0.25, 0.3) is 0 Å². The molecule has 0 atom stereocenters. The number of aliphatic carboxylic acids is 1. The van der Waals surface area contributed by atoms with E-state index in [0.717, 1.165) is 18.6 Å². The van der Waals surface area contributed by atoms with Gasteiger partial charge in [-0.15, -0.1) is 11.3 Å². The average molecular weight is 283 g/mol. The number of carboxylic acids is 1. The molecular formula is C13H17NO4S. The van der Waals surface area contributed by atoms with E-state index in [1.165, 1.54) is 16.2 Å². The highest BCUT2D eigenvalue weighted by Gasteiger charge is 2.17. The molecule has 0 bridgehead atoms. The van der Waals surface area contributed by atoms with Gasteiger partial charge in [0.1, 0.15) is 0 Å². The molecule has 0 saturated heterocycles. The summed E-state index contributed by atoms with van der Waals surface area (Å²) < 4.78 is 5.34. The molecule has 0 saturated carbocycles. The Morgan fingerprint density at radius 1 is 1.42 bits per heavy atom. The van der Waals surface area contributed by atoms with Crippen molar-refractivity contribution < 1.29 is 19.4 Å². The van der Waals surface area contributed by atoms with Gasteiger partial charge in [0.25, 0.3) is 5.91 Å². The Balaban J connectivity index is 1.77. The van der Waals surface area contributed by atoms with E-state index in [-0.39, 0.29) is 12.3 Å². The number of carbonyl (C=O) groups is 2. The van der Waals surface area contributed by atoms with Crippen molar-refractivity contribution in [1.29, 1.82) is 0 Å². The normalized spacial score (nSPS) is 13.9. The number of carbonyl (C=O) groups excluding carboxylic acids is 1. The molecule has 0 fully saturated rings. The van der Waals surface area contributed by atoms with Gasteiger partial charge in [0.05, 0.1) is 18.1 Å². The Hall–Kier alpha value is -1.40. The van der Waals surface area contributed by atoms with Gasteiger partial charge in [-0.05, 0) is 24.5 Å². The predicted molar refractivity (Wildman–Crippen MR) is 71.5 cm³/mol. The lowest BCUT2D eigenvalue weighted by atomic mass is 10.2. The lowest BCUT2D eigenvalue weighted by Gasteiger charge is -2.10. The van der Waals surface area contributed by atoms with Crippen LogP contribution in [0.3, 0.4) is 0 Å². The van der Waals surface area contributed by atoms with Crippen molar-refractivity contribution in [3.8, 4) is 0 Å². The molecule has 5 nitrogen and oxygen atoms in total. The van der Waals surface area contributed by atoms with Crippen molar-refractivity contribution in [3.05, 3.63) is 21.4 Å². The van der Waals surface area contributed by atoms with Gasteiger partial charge in [0.15, 0.2) is 0 Å². The van der Waals surface area contributed by atoms with Crippen molar-refractivity contribution in [3.63, 3.8) is 0 Å². The van der Waals surface area contributed by atoms with Crippen molar-refractivity contribution >= 4 is 23.2 Å². The van der Waals surface area contributed by atoms with E-state index in [1.54, 1.807) is 0 Å². The number of rotatable bonds is 6. The lowest BCUT2D eigenvalue weighted by molar-refractivity contribution is -0.137. The third-order valence-corrected chi connectivity index (χ3v) is 4.19. The zero-order valence-electron chi connectivity index (χ0n) is 10.6. The Kier molecular flexibility index (Phi) is 4.93. The SMILES string of the molecule is O=C(O)CCCCNC(=O)c1cc2c(s1)CCOC2. The number of ether oxygens (including phenoxy) is 1. The van der Waals surface area contributed by atoms with Gasteiger partial charge < -0.3 is 15.2 Å². The smallest absolute Gasteiger partial charge is 0.303 e. The molecule has 19 heavy (non-hydrogen) atoms. The summed E-state index contributed by atoms with van der Waals surface area (Å²) in [4.78, 5) is 24.2. The van der Waals surface area contributed by atoms with Crippen LogP contribution >= 0.6 is 11.3 Å². The highest BCUT2D eigenvalue weighted by atomic mass is 32.1. The Morgan fingerprint density at radius 2 is 2.26 bits per heavy atom. The highest BCUT2D eigenvalue weighted by molar-refractivity contribution is 7.14. The highest BCUT2D eigenvalue weighted by Crippen LogP contribution is 2.26. The molecule has 0 radical (unpaired) electrons. The molecule has 0 aromatic carbocycles. The maximum absolute atomic E-state index is 11.9. The van der Waals surface area contributed by atoms with Crippen LogP contribution in [0.2, 0.25) is 0 Å². The molecule has 2 rings (SSSR count). The summed E-state index contributed by atoms with van der Waals surface area (Å²) in [6, 6.07) is 1.89. The fourth-order valence-electron chi connectivity index (χ4n) is 1.95. The van der Waals surface area contributed by atoms with Crippen molar-refractivity contribution in [2.24, 2.45) is 0 Å². The van der Waals surface area contributed by atoms with Crippen LogP contribution in [0, 0.1) is 0 Å². The molecule has 0 spiro atoms. The Labute approximate surface area is 115 Å². The summed E-state index contributed by atoms with van der Waals surface area (Å²) in [7, 11) is 0. The molecule has 104 valence electrons. The van der Waals surface area contributed by atoms with E-state index in [1.807, 2.05) is 6.07 Å². The third kappa shape index (κ3) is 4.04. The summed E-state index contributed by atoms with van der Waals surface area (Å²) >= 11 is 1.53. The average Bonchev–Trinajstić information content (AvgIpc) is 2.81. The van der Waals surface area contributed by atoms with Crippen LogP contribution < -0.4 is 5.32 Å². The second-order valence-corrected chi connectivity index (χ2v) is 5.61. The van der Waals surface area contributed by atoms with Gasteiger partial charge in [0.2, 0.25) is 0 Å². The molecule has 0 unspecified atom stereocenters. The summed E-state index contributed by atoms with van der Waals surface area (Å²) in [5.41, 5.74) is 1.12. The topological polar surface area (TPSA) is 75.6 Å². The first-order valence-electron chi connectivity index (χ1n) is 6.36. The van der Waals surface area contributed by atoms with Crippen molar-refractivity contribution in [1.82, 2.24) is 5.32 Å². The first kappa shape index (κ1) is 14.0. The van der Waals surface area contributed by atoms with Gasteiger partial charge in [-0.3, -0.25) is 9.59 Å². The van der Waals surface area contributed by atoms with Gasteiger partial charge in [0, 0.05) is 24.3 Å². The molecule has 2 heterocycles. The molecule has 1 aromatic heterocycles. The zero-order chi connectivity index (χ0) is 13.7. The van der Waals surface area contributed by atoms with Gasteiger partial charge >= 0.3 is 5.97 Å². The standard InChI is InChI=1S/C13H17NO4S/c15-12(16)3-1-2-5-14-13(17)11-7-9-8-18-6-4-10(9)19-11/h7H,1-6,8H2,(H,14,17)(H,15,16). The molecule has 1 amide bonds. The summed E-state index contributed by atoms with van der Waals surface area (Å²) in [6.07, 6.45) is 2.31. The second-order valence-electron chi connectivity index (χ2n) is 4.47. The minimum absolute atomic E-state index is 0.0743. The van der Waals surface area contributed by atoms with Crippen LogP contribution in [-0.2, 0) is 22.6 Å². The van der Waals surface area contributed by atoms with Crippen molar-refractivity contribution in [2.75, 3.05) is 13.2 Å². The van der Waals surface area contributed by atoms with Gasteiger partial charge in [-0.2, -0.15) is 0 Å². The van der Waals surface area contributed by atoms with E-state index in [4.69, 9.17) is 9.84 Å². The fourth-order valence-corrected chi connectivity index (χ4v) is 3.02. The number of hydrogen-bond donors (Lipinski definition) is 2. The van der Waals surface area contributed by atoms with E-state index < -0.39 is 5.97 Å². The molecule has 0 aliphatic carbocycles. The minimum Gasteiger partial charge on any atom is -0.481 e. The summed E-state index contributed by atoms with van der Waals surface area (Å²) in [5.74, 6) is -0.869. The first-order chi connectivity index (χ1) is 9.16. The number of unbranched alkanes of at least 4 members (excludes halogenated alkanes) is 1. The van der Waals surface area contributed by atoms with Crippen LogP contribution in [-0.4, -0.2) is 30.1 Å².